The Morgan fingerprint density at radius 2 is 1.86 bits per heavy atom. The molecule has 0 amide bonds. The molecule has 184 valence electrons. The first-order valence-corrected chi connectivity index (χ1v) is 12.5. The molecule has 0 aliphatic carbocycles. The highest BCUT2D eigenvalue weighted by molar-refractivity contribution is 5.98. The zero-order valence-corrected chi connectivity index (χ0v) is 20.4. The van der Waals surface area contributed by atoms with Gasteiger partial charge in [-0.25, -0.2) is 9.97 Å². The van der Waals surface area contributed by atoms with E-state index in [9.17, 15) is 0 Å². The topological polar surface area (TPSA) is 109 Å². The highest BCUT2D eigenvalue weighted by Gasteiger charge is 2.17. The number of aryl methyl sites for hydroxylation is 1. The Morgan fingerprint density at radius 3 is 2.73 bits per heavy atom. The molecule has 1 aliphatic rings. The standard InChI is InChI=1S/C28H26N8O/c1-17-15-36(16-32-17)28-23-12-26(33-24(23)6-9-31-28)27-22-11-18(2-3-25(22)34-35-27)19-10-21(14-30-13-19)37-20-4-7-29-8-5-20/h2-3,6,9-16,20,29,33H,4-5,7-8H2,1H3,(H,34,35). The number of ether oxygens (including phenoxy) is 1. The van der Waals surface area contributed by atoms with E-state index in [1.54, 1.807) is 18.7 Å². The van der Waals surface area contributed by atoms with Crippen molar-refractivity contribution in [3.8, 4) is 34.1 Å². The molecule has 1 aliphatic heterocycles. The van der Waals surface area contributed by atoms with E-state index < -0.39 is 0 Å². The van der Waals surface area contributed by atoms with Gasteiger partial charge in [-0.1, -0.05) is 6.07 Å². The van der Waals surface area contributed by atoms with E-state index in [2.05, 4.69) is 65.8 Å². The molecule has 0 unspecified atom stereocenters. The third-order valence-corrected chi connectivity index (χ3v) is 6.94. The number of nitrogens with zero attached hydrogens (tertiary/aromatic N) is 5. The summed E-state index contributed by atoms with van der Waals surface area (Å²) in [6.45, 7) is 3.95. The highest BCUT2D eigenvalue weighted by atomic mass is 16.5. The second-order valence-electron chi connectivity index (χ2n) is 9.51. The number of aromatic nitrogens is 7. The van der Waals surface area contributed by atoms with Crippen LogP contribution in [0.15, 0.2) is 67.5 Å². The van der Waals surface area contributed by atoms with Crippen LogP contribution >= 0.6 is 0 Å². The molecule has 0 radical (unpaired) electrons. The summed E-state index contributed by atoms with van der Waals surface area (Å²) >= 11 is 0. The summed E-state index contributed by atoms with van der Waals surface area (Å²) in [7, 11) is 0. The third kappa shape index (κ3) is 4.03. The lowest BCUT2D eigenvalue weighted by Crippen LogP contribution is -2.34. The van der Waals surface area contributed by atoms with Crippen molar-refractivity contribution in [1.29, 1.82) is 0 Å². The number of hydrogen-bond donors (Lipinski definition) is 3. The van der Waals surface area contributed by atoms with Crippen molar-refractivity contribution in [2.24, 2.45) is 0 Å². The maximum atomic E-state index is 6.23. The average Bonchev–Trinajstić information content (AvgIpc) is 3.66. The molecular weight excluding hydrogens is 464 g/mol. The van der Waals surface area contributed by atoms with Crippen LogP contribution in [0.2, 0.25) is 0 Å². The van der Waals surface area contributed by atoms with Gasteiger partial charge in [0.25, 0.3) is 0 Å². The second-order valence-corrected chi connectivity index (χ2v) is 9.51. The number of piperidine rings is 1. The summed E-state index contributed by atoms with van der Waals surface area (Å²) in [6, 6.07) is 12.5. The van der Waals surface area contributed by atoms with Crippen LogP contribution in [0, 0.1) is 6.92 Å². The summed E-state index contributed by atoms with van der Waals surface area (Å²) in [5.41, 5.74) is 6.76. The second kappa shape index (κ2) is 8.86. The lowest BCUT2D eigenvalue weighted by molar-refractivity contribution is 0.162. The number of H-pyrrole nitrogens is 2. The molecular formula is C28H26N8O. The lowest BCUT2D eigenvalue weighted by atomic mass is 10.0. The van der Waals surface area contributed by atoms with Crippen molar-refractivity contribution in [2.75, 3.05) is 13.1 Å². The fourth-order valence-corrected chi connectivity index (χ4v) is 5.06. The minimum atomic E-state index is 0.230. The van der Waals surface area contributed by atoms with Gasteiger partial charge in [-0.05, 0) is 68.8 Å². The minimum Gasteiger partial charge on any atom is -0.489 e. The molecule has 9 heteroatoms. The molecule has 0 saturated carbocycles. The van der Waals surface area contributed by atoms with Crippen molar-refractivity contribution in [1.82, 2.24) is 40.0 Å². The first kappa shape index (κ1) is 21.8. The van der Waals surface area contributed by atoms with Crippen LogP contribution in [0.25, 0.3) is 50.1 Å². The highest BCUT2D eigenvalue weighted by Crippen LogP contribution is 2.33. The largest absolute Gasteiger partial charge is 0.489 e. The molecule has 6 aromatic rings. The van der Waals surface area contributed by atoms with Crippen LogP contribution in [0.4, 0.5) is 0 Å². The average molecular weight is 491 g/mol. The predicted molar refractivity (Wildman–Crippen MR) is 143 cm³/mol. The number of pyridine rings is 2. The Morgan fingerprint density at radius 1 is 0.946 bits per heavy atom. The molecule has 37 heavy (non-hydrogen) atoms. The molecule has 9 nitrogen and oxygen atoms in total. The number of benzene rings is 1. The van der Waals surface area contributed by atoms with Crippen LogP contribution in [-0.2, 0) is 0 Å². The van der Waals surface area contributed by atoms with Gasteiger partial charge in [-0.2, -0.15) is 5.10 Å². The third-order valence-electron chi connectivity index (χ3n) is 6.94. The van der Waals surface area contributed by atoms with E-state index in [1.807, 2.05) is 30.0 Å². The zero-order chi connectivity index (χ0) is 24.8. The number of imidazole rings is 1. The summed E-state index contributed by atoms with van der Waals surface area (Å²) in [6.07, 6.45) is 11.5. The fraction of sp³-hybridized carbons (Fsp3) is 0.214. The normalized spacial score (nSPS) is 14.5. The Hall–Kier alpha value is -4.50. The van der Waals surface area contributed by atoms with Gasteiger partial charge in [-0.15, -0.1) is 0 Å². The van der Waals surface area contributed by atoms with Gasteiger partial charge in [0, 0.05) is 34.9 Å². The van der Waals surface area contributed by atoms with Crippen LogP contribution < -0.4 is 10.1 Å². The minimum absolute atomic E-state index is 0.230. The van der Waals surface area contributed by atoms with Crippen LogP contribution in [0.1, 0.15) is 18.5 Å². The van der Waals surface area contributed by atoms with Crippen molar-refractivity contribution < 1.29 is 4.74 Å². The molecule has 3 N–H and O–H groups in total. The van der Waals surface area contributed by atoms with Gasteiger partial charge in [0.15, 0.2) is 0 Å². The molecule has 5 aromatic heterocycles. The Balaban J connectivity index is 1.26. The zero-order valence-electron chi connectivity index (χ0n) is 20.4. The monoisotopic (exact) mass is 490 g/mol. The lowest BCUT2D eigenvalue weighted by Gasteiger charge is -2.23. The van der Waals surface area contributed by atoms with Gasteiger partial charge in [0.2, 0.25) is 0 Å². The Bertz CT molecular complexity index is 1720. The quantitative estimate of drug-likeness (QED) is 0.321. The maximum absolute atomic E-state index is 6.23. The summed E-state index contributed by atoms with van der Waals surface area (Å²) in [4.78, 5) is 16.9. The molecule has 0 atom stereocenters. The number of hydrogen-bond acceptors (Lipinski definition) is 6. The van der Waals surface area contributed by atoms with E-state index in [4.69, 9.17) is 4.74 Å². The van der Waals surface area contributed by atoms with Crippen LogP contribution in [0.5, 0.6) is 5.75 Å². The van der Waals surface area contributed by atoms with E-state index in [1.165, 1.54) is 0 Å². The summed E-state index contributed by atoms with van der Waals surface area (Å²) in [5, 5.41) is 13.2. The van der Waals surface area contributed by atoms with Gasteiger partial charge in [-0.3, -0.25) is 14.6 Å². The first-order valence-electron chi connectivity index (χ1n) is 12.5. The molecule has 0 bridgehead atoms. The van der Waals surface area contributed by atoms with Crippen LogP contribution in [-0.4, -0.2) is 53.9 Å². The number of rotatable bonds is 5. The van der Waals surface area contributed by atoms with Crippen molar-refractivity contribution in [2.45, 2.75) is 25.9 Å². The van der Waals surface area contributed by atoms with Crippen molar-refractivity contribution in [3.63, 3.8) is 0 Å². The molecule has 0 spiro atoms. The number of aromatic amines is 2. The van der Waals surface area contributed by atoms with Gasteiger partial charge >= 0.3 is 0 Å². The number of nitrogens with one attached hydrogen (secondary N) is 3. The molecule has 7 rings (SSSR count). The van der Waals surface area contributed by atoms with Crippen LogP contribution in [0.3, 0.4) is 0 Å². The van der Waals surface area contributed by atoms with E-state index in [0.717, 1.165) is 87.5 Å². The summed E-state index contributed by atoms with van der Waals surface area (Å²) in [5.74, 6) is 1.64. The van der Waals surface area contributed by atoms with E-state index in [0.29, 0.717) is 0 Å². The maximum Gasteiger partial charge on any atom is 0.147 e. The van der Waals surface area contributed by atoms with Gasteiger partial charge in [0.1, 0.15) is 29.7 Å². The Labute approximate surface area is 212 Å². The van der Waals surface area contributed by atoms with Crippen molar-refractivity contribution >= 4 is 21.8 Å². The van der Waals surface area contributed by atoms with Gasteiger partial charge < -0.3 is 15.0 Å². The molecule has 6 heterocycles. The summed E-state index contributed by atoms with van der Waals surface area (Å²) < 4.78 is 8.17. The Kier molecular flexibility index (Phi) is 5.21. The first-order chi connectivity index (χ1) is 18.2. The molecule has 1 fully saturated rings. The van der Waals surface area contributed by atoms with E-state index >= 15 is 0 Å². The molecule has 1 saturated heterocycles. The number of fused-ring (bicyclic) bond motifs is 2. The molecule has 1 aromatic carbocycles. The van der Waals surface area contributed by atoms with Gasteiger partial charge in [0.05, 0.1) is 28.6 Å². The SMILES string of the molecule is Cc1cn(-c2nccc3[nH]c(-c4n[nH]c5ccc(-c6cncc(OC7CCNCC7)c6)cc45)cc23)cn1. The van der Waals surface area contributed by atoms with E-state index in [-0.39, 0.29) is 6.10 Å². The fourth-order valence-electron chi connectivity index (χ4n) is 5.06. The smallest absolute Gasteiger partial charge is 0.147 e. The predicted octanol–water partition coefficient (Wildman–Crippen LogP) is 4.79. The van der Waals surface area contributed by atoms with Crippen molar-refractivity contribution in [3.05, 3.63) is 73.2 Å².